The molecule has 0 aliphatic carbocycles. The molecule has 128 valence electrons. The van der Waals surface area contributed by atoms with Gasteiger partial charge in [-0.1, -0.05) is 6.92 Å². The van der Waals surface area contributed by atoms with Gasteiger partial charge in [0.05, 0.1) is 31.5 Å². The van der Waals surface area contributed by atoms with E-state index in [0.717, 1.165) is 5.01 Å². The summed E-state index contributed by atoms with van der Waals surface area (Å²) in [5.74, 6) is -0.865. The van der Waals surface area contributed by atoms with Crippen LogP contribution in [0.2, 0.25) is 0 Å². The van der Waals surface area contributed by atoms with Crippen LogP contribution in [0, 0.1) is 5.82 Å². The van der Waals surface area contributed by atoms with E-state index in [1.54, 1.807) is 0 Å². The van der Waals surface area contributed by atoms with Crippen molar-refractivity contribution >= 4 is 23.3 Å². The molecule has 6 nitrogen and oxygen atoms in total. The Morgan fingerprint density at radius 1 is 1.25 bits per heavy atom. The number of carbonyl (C=O) groups excluding carboxylic acids is 2. The Morgan fingerprint density at radius 3 is 2.46 bits per heavy atom. The van der Waals surface area contributed by atoms with Crippen LogP contribution in [0.5, 0.6) is 0 Å². The standard InChI is InChI=1S/C17H19FN2O4/c1-4-14(24-5-2)16-13(10-15(21)23-3)19-20(17(16)22)12-8-6-11(18)7-9-12/h6-9H,4-5,10H2,1-3H3. The van der Waals surface area contributed by atoms with Crippen LogP contribution in [0.25, 0.3) is 0 Å². The summed E-state index contributed by atoms with van der Waals surface area (Å²) in [5, 5.41) is 5.37. The van der Waals surface area contributed by atoms with Crippen molar-refractivity contribution in [3.8, 4) is 0 Å². The van der Waals surface area contributed by atoms with E-state index < -0.39 is 17.7 Å². The van der Waals surface area contributed by atoms with Crippen LogP contribution in [0.3, 0.4) is 0 Å². The van der Waals surface area contributed by atoms with Gasteiger partial charge in [-0.3, -0.25) is 9.59 Å². The highest BCUT2D eigenvalue weighted by atomic mass is 19.1. The molecule has 24 heavy (non-hydrogen) atoms. The van der Waals surface area contributed by atoms with Crippen LogP contribution in [-0.2, 0) is 19.1 Å². The number of benzene rings is 1. The van der Waals surface area contributed by atoms with E-state index in [1.807, 2.05) is 13.8 Å². The third kappa shape index (κ3) is 3.61. The molecule has 0 saturated heterocycles. The minimum Gasteiger partial charge on any atom is -0.497 e. The number of halogens is 1. The third-order valence-corrected chi connectivity index (χ3v) is 3.44. The highest BCUT2D eigenvalue weighted by Crippen LogP contribution is 2.28. The number of methoxy groups -OCH3 is 1. The molecule has 1 heterocycles. The van der Waals surface area contributed by atoms with Crippen molar-refractivity contribution in [1.82, 2.24) is 0 Å². The molecule has 1 aromatic carbocycles. The maximum atomic E-state index is 13.1. The smallest absolute Gasteiger partial charge is 0.311 e. The molecule has 2 rings (SSSR count). The number of nitrogens with zero attached hydrogens (tertiary/aromatic N) is 2. The van der Waals surface area contributed by atoms with E-state index in [9.17, 15) is 14.0 Å². The van der Waals surface area contributed by atoms with Crippen LogP contribution in [0.15, 0.2) is 40.7 Å². The number of amides is 1. The minimum atomic E-state index is -0.507. The van der Waals surface area contributed by atoms with Gasteiger partial charge in [-0.2, -0.15) is 10.1 Å². The number of hydrazone groups is 1. The second kappa shape index (κ2) is 7.72. The fraction of sp³-hybridized carbons (Fsp3) is 0.353. The van der Waals surface area contributed by atoms with Gasteiger partial charge in [-0.15, -0.1) is 0 Å². The quantitative estimate of drug-likeness (QED) is 0.456. The molecule has 1 amide bonds. The average Bonchev–Trinajstić information content (AvgIpc) is 2.89. The van der Waals surface area contributed by atoms with Crippen molar-refractivity contribution in [2.75, 3.05) is 18.7 Å². The number of ether oxygens (including phenoxy) is 2. The molecule has 0 atom stereocenters. The van der Waals surface area contributed by atoms with Crippen LogP contribution in [0.4, 0.5) is 10.1 Å². The Morgan fingerprint density at radius 2 is 1.92 bits per heavy atom. The minimum absolute atomic E-state index is 0.147. The van der Waals surface area contributed by atoms with E-state index in [-0.39, 0.29) is 17.7 Å². The lowest BCUT2D eigenvalue weighted by Crippen LogP contribution is -2.23. The summed E-state index contributed by atoms with van der Waals surface area (Å²) in [5.41, 5.74) is 0.946. The van der Waals surface area contributed by atoms with E-state index in [1.165, 1.54) is 31.4 Å². The van der Waals surface area contributed by atoms with Gasteiger partial charge in [0.15, 0.2) is 0 Å². The number of esters is 1. The lowest BCUT2D eigenvalue weighted by atomic mass is 10.1. The zero-order chi connectivity index (χ0) is 17.7. The highest BCUT2D eigenvalue weighted by Gasteiger charge is 2.35. The average molecular weight is 334 g/mol. The lowest BCUT2D eigenvalue weighted by Gasteiger charge is -2.13. The Balaban J connectivity index is 2.46. The van der Waals surface area contributed by atoms with E-state index >= 15 is 0 Å². The molecular formula is C17H19FN2O4. The van der Waals surface area contributed by atoms with E-state index in [0.29, 0.717) is 24.5 Å². The second-order valence-corrected chi connectivity index (χ2v) is 4.98. The van der Waals surface area contributed by atoms with Gasteiger partial charge in [0.2, 0.25) is 0 Å². The molecule has 1 aliphatic rings. The van der Waals surface area contributed by atoms with Crippen molar-refractivity contribution < 1.29 is 23.5 Å². The molecule has 7 heteroatoms. The van der Waals surface area contributed by atoms with Gasteiger partial charge in [0, 0.05) is 6.42 Å². The Hall–Kier alpha value is -2.70. The number of hydrogen-bond donors (Lipinski definition) is 0. The topological polar surface area (TPSA) is 68.2 Å². The fourth-order valence-corrected chi connectivity index (χ4v) is 2.34. The molecule has 0 fully saturated rings. The monoisotopic (exact) mass is 334 g/mol. The zero-order valence-corrected chi connectivity index (χ0v) is 13.8. The van der Waals surface area contributed by atoms with Crippen LogP contribution in [0.1, 0.15) is 26.7 Å². The summed E-state index contributed by atoms with van der Waals surface area (Å²) >= 11 is 0. The molecule has 0 radical (unpaired) electrons. The molecule has 0 unspecified atom stereocenters. The normalized spacial score (nSPS) is 16.1. The number of carbonyl (C=O) groups is 2. The number of allylic oxidation sites excluding steroid dienone is 1. The van der Waals surface area contributed by atoms with E-state index in [4.69, 9.17) is 4.74 Å². The first-order valence-electron chi connectivity index (χ1n) is 7.62. The van der Waals surface area contributed by atoms with Crippen molar-refractivity contribution in [2.45, 2.75) is 26.7 Å². The summed E-state index contributed by atoms with van der Waals surface area (Å²) in [6.07, 6.45) is 0.332. The van der Waals surface area contributed by atoms with Gasteiger partial charge in [0.1, 0.15) is 17.1 Å². The number of rotatable bonds is 6. The van der Waals surface area contributed by atoms with Gasteiger partial charge >= 0.3 is 5.97 Å². The number of anilines is 1. The molecule has 1 aromatic rings. The number of hydrogen-bond acceptors (Lipinski definition) is 5. The fourth-order valence-electron chi connectivity index (χ4n) is 2.34. The summed E-state index contributed by atoms with van der Waals surface area (Å²) < 4.78 is 23.3. The predicted octanol–water partition coefficient (Wildman–Crippen LogP) is 2.79. The van der Waals surface area contributed by atoms with Crippen molar-refractivity contribution in [1.29, 1.82) is 0 Å². The zero-order valence-electron chi connectivity index (χ0n) is 13.8. The summed E-state index contributed by atoms with van der Waals surface area (Å²) in [4.78, 5) is 24.4. The van der Waals surface area contributed by atoms with E-state index in [2.05, 4.69) is 9.84 Å². The summed E-state index contributed by atoms with van der Waals surface area (Å²) in [7, 11) is 1.27. The Kier molecular flexibility index (Phi) is 5.68. The molecule has 0 N–H and O–H groups in total. The van der Waals surface area contributed by atoms with Gasteiger partial charge in [-0.05, 0) is 31.2 Å². The van der Waals surface area contributed by atoms with Crippen molar-refractivity contribution in [3.05, 3.63) is 41.4 Å². The van der Waals surface area contributed by atoms with Gasteiger partial charge < -0.3 is 9.47 Å². The van der Waals surface area contributed by atoms with Crippen LogP contribution in [-0.4, -0.2) is 31.3 Å². The predicted molar refractivity (Wildman–Crippen MR) is 86.9 cm³/mol. The SMILES string of the molecule is CCOC(CC)=C1C(=O)N(c2ccc(F)cc2)N=C1CC(=O)OC. The Labute approximate surface area is 139 Å². The second-order valence-electron chi connectivity index (χ2n) is 4.98. The molecule has 1 aliphatic heterocycles. The maximum Gasteiger partial charge on any atom is 0.311 e. The first-order valence-corrected chi connectivity index (χ1v) is 7.62. The van der Waals surface area contributed by atoms with Crippen molar-refractivity contribution in [2.24, 2.45) is 5.10 Å². The van der Waals surface area contributed by atoms with Crippen molar-refractivity contribution in [3.63, 3.8) is 0 Å². The molecular weight excluding hydrogens is 315 g/mol. The maximum absolute atomic E-state index is 13.1. The Bertz CT molecular complexity index is 695. The molecule has 0 spiro atoms. The molecule has 0 bridgehead atoms. The summed E-state index contributed by atoms with van der Waals surface area (Å²) in [6, 6.07) is 5.37. The third-order valence-electron chi connectivity index (χ3n) is 3.44. The van der Waals surface area contributed by atoms with Crippen LogP contribution < -0.4 is 5.01 Å². The summed E-state index contributed by atoms with van der Waals surface area (Å²) in [6.45, 7) is 4.05. The highest BCUT2D eigenvalue weighted by molar-refractivity contribution is 6.33. The van der Waals surface area contributed by atoms with Gasteiger partial charge in [0.25, 0.3) is 5.91 Å². The first-order chi connectivity index (χ1) is 11.5. The first kappa shape index (κ1) is 17.7. The lowest BCUT2D eigenvalue weighted by molar-refractivity contribution is -0.139. The largest absolute Gasteiger partial charge is 0.497 e. The molecule has 0 saturated carbocycles. The van der Waals surface area contributed by atoms with Gasteiger partial charge in [-0.25, -0.2) is 4.39 Å². The molecule has 0 aromatic heterocycles. The van der Waals surface area contributed by atoms with Crippen LogP contribution >= 0.6 is 0 Å².